The van der Waals surface area contributed by atoms with Gasteiger partial charge < -0.3 is 0 Å². The summed E-state index contributed by atoms with van der Waals surface area (Å²) in [4.78, 5) is 0. The molecule has 4 rings (SSSR count). The van der Waals surface area contributed by atoms with Crippen molar-refractivity contribution in [2.75, 3.05) is 0 Å². The fraction of sp³-hybridized carbons (Fsp3) is 0.136. The van der Waals surface area contributed by atoms with Gasteiger partial charge >= 0.3 is 0 Å². The lowest BCUT2D eigenvalue weighted by atomic mass is 9.93. The molecule has 0 fully saturated rings. The Morgan fingerprint density at radius 2 is 1.55 bits per heavy atom. The summed E-state index contributed by atoms with van der Waals surface area (Å²) < 4.78 is 0. The van der Waals surface area contributed by atoms with Gasteiger partial charge in [0.05, 0.1) is 0 Å². The van der Waals surface area contributed by atoms with Crippen LogP contribution in [0.3, 0.4) is 0 Å². The van der Waals surface area contributed by atoms with Gasteiger partial charge in [0, 0.05) is 6.42 Å². The quantitative estimate of drug-likeness (QED) is 0.532. The molecule has 22 heavy (non-hydrogen) atoms. The number of fused-ring (bicyclic) bond motifs is 2. The number of hydrogen-bond donors (Lipinski definition) is 0. The minimum absolute atomic E-state index is 1.16. The standard InChI is InChI=1S/C22H19/c1-2-7-16-14-18-10-6-13-21(22(18)15-16)20-12-5-9-17-8-3-4-11-19(17)20/h3-6,8-15H,2,7H2,1H3. The van der Waals surface area contributed by atoms with Crippen LogP contribution in [0.25, 0.3) is 28.0 Å². The summed E-state index contributed by atoms with van der Waals surface area (Å²) in [6, 6.07) is 21.9. The summed E-state index contributed by atoms with van der Waals surface area (Å²) in [7, 11) is 0. The van der Waals surface area contributed by atoms with E-state index < -0.39 is 0 Å². The van der Waals surface area contributed by atoms with Crippen molar-refractivity contribution in [2.45, 2.75) is 19.8 Å². The maximum Gasteiger partial charge on any atom is 0.0164 e. The van der Waals surface area contributed by atoms with E-state index in [0.29, 0.717) is 0 Å². The number of benzene rings is 3. The Hall–Kier alpha value is -2.34. The molecule has 0 spiro atoms. The van der Waals surface area contributed by atoms with E-state index in [1.165, 1.54) is 45.0 Å². The molecule has 0 heteroatoms. The zero-order valence-corrected chi connectivity index (χ0v) is 12.8. The average Bonchev–Trinajstić information content (AvgIpc) is 2.97. The van der Waals surface area contributed by atoms with Crippen molar-refractivity contribution in [3.05, 3.63) is 83.8 Å². The van der Waals surface area contributed by atoms with Gasteiger partial charge in [-0.15, -0.1) is 0 Å². The lowest BCUT2D eigenvalue weighted by molar-refractivity contribution is 0.924. The van der Waals surface area contributed by atoms with Gasteiger partial charge in [-0.05, 0) is 39.4 Å². The normalized spacial score (nSPS) is 13.2. The monoisotopic (exact) mass is 283 g/mol. The lowest BCUT2D eigenvalue weighted by Crippen LogP contribution is -1.87. The summed E-state index contributed by atoms with van der Waals surface area (Å²) in [6.45, 7) is 2.24. The highest BCUT2D eigenvalue weighted by Gasteiger charge is 2.17. The van der Waals surface area contributed by atoms with Crippen molar-refractivity contribution in [1.29, 1.82) is 0 Å². The zero-order chi connectivity index (χ0) is 14.9. The average molecular weight is 283 g/mol. The SMILES string of the molecule is CCCC1=Cc2c(cccc2-c2cccc3ccccc23)[CH]1. The molecule has 0 atom stereocenters. The third-order valence-electron chi connectivity index (χ3n) is 4.43. The molecule has 1 aliphatic rings. The van der Waals surface area contributed by atoms with Gasteiger partial charge in [-0.25, -0.2) is 0 Å². The van der Waals surface area contributed by atoms with Gasteiger partial charge in [0.2, 0.25) is 0 Å². The summed E-state index contributed by atoms with van der Waals surface area (Å²) in [5.41, 5.74) is 6.86. The number of allylic oxidation sites excluding steroid dienone is 1. The van der Waals surface area contributed by atoms with Crippen LogP contribution in [-0.4, -0.2) is 0 Å². The zero-order valence-electron chi connectivity index (χ0n) is 12.8. The van der Waals surface area contributed by atoms with Crippen LogP contribution >= 0.6 is 0 Å². The Kier molecular flexibility index (Phi) is 3.31. The summed E-state index contributed by atoms with van der Waals surface area (Å²) in [5, 5.41) is 2.63. The molecule has 0 unspecified atom stereocenters. The van der Waals surface area contributed by atoms with Crippen molar-refractivity contribution in [1.82, 2.24) is 0 Å². The second kappa shape index (κ2) is 5.46. The van der Waals surface area contributed by atoms with Gasteiger partial charge in [-0.2, -0.15) is 0 Å². The number of rotatable bonds is 3. The van der Waals surface area contributed by atoms with Crippen molar-refractivity contribution in [3.8, 4) is 11.1 Å². The maximum absolute atomic E-state index is 2.37. The second-order valence-corrected chi connectivity index (χ2v) is 5.95. The van der Waals surface area contributed by atoms with Crippen LogP contribution in [0, 0.1) is 6.42 Å². The van der Waals surface area contributed by atoms with E-state index in [1.54, 1.807) is 0 Å². The molecule has 0 aromatic heterocycles. The van der Waals surface area contributed by atoms with E-state index in [9.17, 15) is 0 Å². The van der Waals surface area contributed by atoms with Crippen molar-refractivity contribution < 1.29 is 0 Å². The van der Waals surface area contributed by atoms with E-state index in [-0.39, 0.29) is 0 Å². The van der Waals surface area contributed by atoms with Crippen LogP contribution in [0.2, 0.25) is 0 Å². The lowest BCUT2D eigenvalue weighted by Gasteiger charge is -2.11. The first-order chi connectivity index (χ1) is 10.9. The highest BCUT2D eigenvalue weighted by atomic mass is 14.2. The Balaban J connectivity index is 1.93. The van der Waals surface area contributed by atoms with Crippen molar-refractivity contribution in [2.24, 2.45) is 0 Å². The molecule has 3 aromatic carbocycles. The minimum atomic E-state index is 1.16. The third kappa shape index (κ3) is 2.16. The molecular formula is C22H19. The Bertz CT molecular complexity index is 863. The van der Waals surface area contributed by atoms with Gasteiger partial charge in [0.25, 0.3) is 0 Å². The number of hydrogen-bond acceptors (Lipinski definition) is 0. The molecule has 0 saturated carbocycles. The van der Waals surface area contributed by atoms with Crippen LogP contribution < -0.4 is 0 Å². The molecule has 3 aromatic rings. The van der Waals surface area contributed by atoms with Crippen LogP contribution in [0.15, 0.2) is 66.2 Å². The largest absolute Gasteiger partial charge is 0.0651 e. The minimum Gasteiger partial charge on any atom is -0.0651 e. The van der Waals surface area contributed by atoms with Gasteiger partial charge in [0.15, 0.2) is 0 Å². The molecule has 0 saturated heterocycles. The summed E-state index contributed by atoms with van der Waals surface area (Å²) in [5.74, 6) is 0. The highest BCUT2D eigenvalue weighted by Crippen LogP contribution is 2.38. The topological polar surface area (TPSA) is 0 Å². The molecule has 107 valence electrons. The van der Waals surface area contributed by atoms with Gasteiger partial charge in [-0.3, -0.25) is 0 Å². The molecule has 0 bridgehead atoms. The predicted molar refractivity (Wildman–Crippen MR) is 95.7 cm³/mol. The van der Waals surface area contributed by atoms with Crippen molar-refractivity contribution >= 4 is 16.8 Å². The Morgan fingerprint density at radius 1 is 0.773 bits per heavy atom. The van der Waals surface area contributed by atoms with Crippen molar-refractivity contribution in [3.63, 3.8) is 0 Å². The molecule has 0 aliphatic heterocycles. The molecular weight excluding hydrogens is 264 g/mol. The summed E-state index contributed by atoms with van der Waals surface area (Å²) >= 11 is 0. The van der Waals surface area contributed by atoms with E-state index in [4.69, 9.17) is 0 Å². The van der Waals surface area contributed by atoms with Crippen LogP contribution in [-0.2, 0) is 0 Å². The molecule has 0 amide bonds. The van der Waals surface area contributed by atoms with Crippen LogP contribution in [0.5, 0.6) is 0 Å². The van der Waals surface area contributed by atoms with E-state index >= 15 is 0 Å². The maximum atomic E-state index is 2.37. The Labute approximate surface area is 132 Å². The second-order valence-electron chi connectivity index (χ2n) is 5.95. The molecule has 0 heterocycles. The first-order valence-electron chi connectivity index (χ1n) is 8.03. The van der Waals surface area contributed by atoms with Gasteiger partial charge in [0.1, 0.15) is 0 Å². The predicted octanol–water partition coefficient (Wildman–Crippen LogP) is 6.26. The van der Waals surface area contributed by atoms with E-state index in [0.717, 1.165) is 6.42 Å². The molecule has 0 nitrogen and oxygen atoms in total. The van der Waals surface area contributed by atoms with E-state index in [2.05, 4.69) is 80.1 Å². The third-order valence-corrected chi connectivity index (χ3v) is 4.43. The fourth-order valence-electron chi connectivity index (χ4n) is 3.42. The summed E-state index contributed by atoms with van der Waals surface area (Å²) in [6.07, 6.45) is 7.06. The first-order valence-corrected chi connectivity index (χ1v) is 8.03. The molecule has 1 aliphatic carbocycles. The smallest absolute Gasteiger partial charge is 0.0164 e. The molecule has 1 radical (unpaired) electrons. The van der Waals surface area contributed by atoms with Crippen LogP contribution in [0.4, 0.5) is 0 Å². The highest BCUT2D eigenvalue weighted by molar-refractivity contribution is 5.99. The van der Waals surface area contributed by atoms with Crippen LogP contribution in [0.1, 0.15) is 30.9 Å². The fourth-order valence-corrected chi connectivity index (χ4v) is 3.42. The first kappa shape index (κ1) is 13.3. The van der Waals surface area contributed by atoms with E-state index in [1.807, 2.05) is 0 Å². The molecule has 0 N–H and O–H groups in total. The Morgan fingerprint density at radius 3 is 2.45 bits per heavy atom. The van der Waals surface area contributed by atoms with Gasteiger partial charge in [-0.1, -0.05) is 85.7 Å².